The van der Waals surface area contributed by atoms with Crippen molar-refractivity contribution in [2.24, 2.45) is 5.73 Å². The zero-order chi connectivity index (χ0) is 12.8. The van der Waals surface area contributed by atoms with E-state index in [9.17, 15) is 0 Å². The van der Waals surface area contributed by atoms with Crippen LogP contribution in [0.2, 0.25) is 0 Å². The molecule has 2 N–H and O–H groups in total. The van der Waals surface area contributed by atoms with Crippen molar-refractivity contribution in [3.8, 4) is 0 Å². The van der Waals surface area contributed by atoms with Gasteiger partial charge < -0.3 is 10.6 Å². The Morgan fingerprint density at radius 1 is 1.47 bits per heavy atom. The molecule has 17 heavy (non-hydrogen) atoms. The Kier molecular flexibility index (Phi) is 5.65. The van der Waals surface area contributed by atoms with Crippen molar-refractivity contribution in [1.29, 1.82) is 0 Å². The highest BCUT2D eigenvalue weighted by atomic mass is 15.3. The second kappa shape index (κ2) is 6.77. The first-order valence-corrected chi connectivity index (χ1v) is 6.53. The molecule has 1 unspecified atom stereocenters. The van der Waals surface area contributed by atoms with Gasteiger partial charge in [-0.1, -0.05) is 13.3 Å². The van der Waals surface area contributed by atoms with Crippen molar-refractivity contribution >= 4 is 0 Å². The summed E-state index contributed by atoms with van der Waals surface area (Å²) in [5.74, 6) is 0. The highest BCUT2D eigenvalue weighted by Crippen LogP contribution is 2.10. The summed E-state index contributed by atoms with van der Waals surface area (Å²) in [4.78, 5) is 2.28. The summed E-state index contributed by atoms with van der Waals surface area (Å²) in [5, 5.41) is 4.36. The van der Waals surface area contributed by atoms with Gasteiger partial charge in [0.1, 0.15) is 0 Å². The highest BCUT2D eigenvalue weighted by molar-refractivity contribution is 5.15. The van der Waals surface area contributed by atoms with Gasteiger partial charge in [0.05, 0.1) is 6.20 Å². The van der Waals surface area contributed by atoms with Gasteiger partial charge in [-0.25, -0.2) is 0 Å². The Labute approximate surface area is 105 Å². The van der Waals surface area contributed by atoms with Gasteiger partial charge in [-0.2, -0.15) is 5.10 Å². The minimum absolute atomic E-state index is 0.284. The molecular weight excluding hydrogens is 212 g/mol. The first-order chi connectivity index (χ1) is 8.08. The summed E-state index contributed by atoms with van der Waals surface area (Å²) in [6.45, 7) is 9.24. The molecule has 1 rings (SSSR count). The molecule has 4 heteroatoms. The third-order valence-electron chi connectivity index (χ3n) is 3.15. The van der Waals surface area contributed by atoms with E-state index in [1.807, 2.05) is 10.9 Å². The van der Waals surface area contributed by atoms with E-state index >= 15 is 0 Å². The van der Waals surface area contributed by atoms with Crippen LogP contribution in [0.4, 0.5) is 0 Å². The standard InChI is InChI=1S/C13H26N4/c1-5-7-13(14)10-16(4)9-12-8-15-17(6-2)11(12)3/h8,13H,5-7,9-10,14H2,1-4H3. The summed E-state index contributed by atoms with van der Waals surface area (Å²) >= 11 is 0. The van der Waals surface area contributed by atoms with Crippen LogP contribution in [0.5, 0.6) is 0 Å². The molecule has 1 aromatic rings. The average molecular weight is 238 g/mol. The molecule has 0 saturated carbocycles. The van der Waals surface area contributed by atoms with Crippen molar-refractivity contribution in [3.05, 3.63) is 17.5 Å². The minimum atomic E-state index is 0.284. The number of hydrogen-bond donors (Lipinski definition) is 1. The number of aromatic nitrogens is 2. The monoisotopic (exact) mass is 238 g/mol. The lowest BCUT2D eigenvalue weighted by molar-refractivity contribution is 0.296. The third kappa shape index (κ3) is 4.13. The Hall–Kier alpha value is -0.870. The van der Waals surface area contributed by atoms with Crippen LogP contribution < -0.4 is 5.73 Å². The maximum Gasteiger partial charge on any atom is 0.0537 e. The summed E-state index contributed by atoms with van der Waals surface area (Å²) < 4.78 is 2.04. The normalized spacial score (nSPS) is 13.3. The molecule has 0 bridgehead atoms. The van der Waals surface area contributed by atoms with E-state index in [1.165, 1.54) is 11.3 Å². The summed E-state index contributed by atoms with van der Waals surface area (Å²) in [6, 6.07) is 0.284. The topological polar surface area (TPSA) is 47.1 Å². The van der Waals surface area contributed by atoms with E-state index in [1.54, 1.807) is 0 Å². The number of rotatable bonds is 7. The van der Waals surface area contributed by atoms with Crippen molar-refractivity contribution < 1.29 is 0 Å². The predicted molar refractivity (Wildman–Crippen MR) is 71.9 cm³/mol. The summed E-state index contributed by atoms with van der Waals surface area (Å²) in [6.07, 6.45) is 4.22. The van der Waals surface area contributed by atoms with E-state index in [2.05, 4.69) is 37.8 Å². The van der Waals surface area contributed by atoms with Gasteiger partial charge in [0.25, 0.3) is 0 Å². The Bertz CT molecular complexity index is 332. The highest BCUT2D eigenvalue weighted by Gasteiger charge is 2.10. The fourth-order valence-electron chi connectivity index (χ4n) is 2.18. The quantitative estimate of drug-likeness (QED) is 0.787. The van der Waals surface area contributed by atoms with Crippen LogP contribution in [0, 0.1) is 6.92 Å². The fraction of sp³-hybridized carbons (Fsp3) is 0.769. The molecule has 0 fully saturated rings. The van der Waals surface area contributed by atoms with Crippen LogP contribution in [-0.4, -0.2) is 34.3 Å². The van der Waals surface area contributed by atoms with E-state index in [0.29, 0.717) is 0 Å². The van der Waals surface area contributed by atoms with Gasteiger partial charge in [0, 0.05) is 36.9 Å². The van der Waals surface area contributed by atoms with Crippen LogP contribution in [0.3, 0.4) is 0 Å². The zero-order valence-electron chi connectivity index (χ0n) is 11.6. The molecule has 0 aromatic carbocycles. The molecule has 0 spiro atoms. The van der Waals surface area contributed by atoms with E-state index in [-0.39, 0.29) is 6.04 Å². The number of aryl methyl sites for hydroxylation is 1. The molecule has 1 aromatic heterocycles. The van der Waals surface area contributed by atoms with E-state index in [4.69, 9.17) is 5.73 Å². The third-order valence-corrected chi connectivity index (χ3v) is 3.15. The molecule has 1 atom stereocenters. The van der Waals surface area contributed by atoms with Crippen molar-refractivity contribution in [2.75, 3.05) is 13.6 Å². The summed E-state index contributed by atoms with van der Waals surface area (Å²) in [7, 11) is 2.12. The van der Waals surface area contributed by atoms with Crippen LogP contribution in [-0.2, 0) is 13.1 Å². The van der Waals surface area contributed by atoms with Gasteiger partial charge in [0.2, 0.25) is 0 Å². The van der Waals surface area contributed by atoms with Gasteiger partial charge in [-0.15, -0.1) is 0 Å². The Balaban J connectivity index is 2.50. The SMILES string of the molecule is CCCC(N)CN(C)Cc1cnn(CC)c1C. The van der Waals surface area contributed by atoms with Crippen molar-refractivity contribution in [2.45, 2.75) is 52.7 Å². The first kappa shape index (κ1) is 14.2. The lowest BCUT2D eigenvalue weighted by atomic mass is 10.1. The van der Waals surface area contributed by atoms with E-state index < -0.39 is 0 Å². The number of likely N-dealkylation sites (N-methyl/N-ethyl adjacent to an activating group) is 1. The molecular formula is C13H26N4. The molecule has 1 heterocycles. The second-order valence-electron chi connectivity index (χ2n) is 4.82. The molecule has 0 aliphatic carbocycles. The molecule has 0 radical (unpaired) electrons. The number of nitrogens with two attached hydrogens (primary N) is 1. The predicted octanol–water partition coefficient (Wildman–Crippen LogP) is 1.77. The molecule has 4 nitrogen and oxygen atoms in total. The van der Waals surface area contributed by atoms with Crippen LogP contribution >= 0.6 is 0 Å². The molecule has 0 aliphatic heterocycles. The van der Waals surface area contributed by atoms with Gasteiger partial charge in [-0.3, -0.25) is 4.68 Å². The minimum Gasteiger partial charge on any atom is -0.327 e. The Morgan fingerprint density at radius 3 is 2.71 bits per heavy atom. The van der Waals surface area contributed by atoms with Gasteiger partial charge in [-0.05, 0) is 27.3 Å². The van der Waals surface area contributed by atoms with Crippen LogP contribution in [0.1, 0.15) is 37.9 Å². The van der Waals surface area contributed by atoms with Gasteiger partial charge in [0.15, 0.2) is 0 Å². The number of hydrogen-bond acceptors (Lipinski definition) is 3. The number of nitrogens with zero attached hydrogens (tertiary/aromatic N) is 3. The Morgan fingerprint density at radius 2 is 2.18 bits per heavy atom. The van der Waals surface area contributed by atoms with E-state index in [0.717, 1.165) is 32.5 Å². The maximum atomic E-state index is 6.05. The van der Waals surface area contributed by atoms with Crippen molar-refractivity contribution in [1.82, 2.24) is 14.7 Å². The zero-order valence-corrected chi connectivity index (χ0v) is 11.6. The first-order valence-electron chi connectivity index (χ1n) is 6.53. The van der Waals surface area contributed by atoms with Crippen LogP contribution in [0.25, 0.3) is 0 Å². The van der Waals surface area contributed by atoms with Crippen LogP contribution in [0.15, 0.2) is 6.20 Å². The lowest BCUT2D eigenvalue weighted by Crippen LogP contribution is -2.34. The van der Waals surface area contributed by atoms with Crippen molar-refractivity contribution in [3.63, 3.8) is 0 Å². The largest absolute Gasteiger partial charge is 0.327 e. The summed E-state index contributed by atoms with van der Waals surface area (Å²) in [5.41, 5.74) is 8.62. The molecule has 0 saturated heterocycles. The average Bonchev–Trinajstić information content (AvgIpc) is 2.60. The smallest absolute Gasteiger partial charge is 0.0537 e. The van der Waals surface area contributed by atoms with Gasteiger partial charge >= 0.3 is 0 Å². The maximum absolute atomic E-state index is 6.05. The molecule has 0 aliphatic rings. The fourth-order valence-corrected chi connectivity index (χ4v) is 2.18. The lowest BCUT2D eigenvalue weighted by Gasteiger charge is -2.20. The molecule has 0 amide bonds. The molecule has 98 valence electrons. The second-order valence-corrected chi connectivity index (χ2v) is 4.82.